The van der Waals surface area contributed by atoms with E-state index in [-0.39, 0.29) is 6.10 Å². The van der Waals surface area contributed by atoms with E-state index in [1.807, 2.05) is 30.3 Å². The Kier molecular flexibility index (Phi) is 5.13. The molecule has 4 heteroatoms. The minimum atomic E-state index is -0.632. The molecule has 1 amide bonds. The van der Waals surface area contributed by atoms with Gasteiger partial charge in [-0.25, -0.2) is 4.79 Å². The van der Waals surface area contributed by atoms with Gasteiger partial charge in [0.05, 0.1) is 6.07 Å². The van der Waals surface area contributed by atoms with Crippen LogP contribution in [0.5, 0.6) is 0 Å². The van der Waals surface area contributed by atoms with Gasteiger partial charge in [-0.05, 0) is 47.8 Å². The molecule has 0 N–H and O–H groups in total. The topological polar surface area (TPSA) is 53.3 Å². The third-order valence-electron chi connectivity index (χ3n) is 5.53. The zero-order valence-electron chi connectivity index (χ0n) is 15.2. The van der Waals surface area contributed by atoms with E-state index in [1.54, 1.807) is 6.20 Å². The van der Waals surface area contributed by atoms with Crippen LogP contribution in [0.25, 0.3) is 6.08 Å². The molecule has 0 aromatic heterocycles. The Balaban J connectivity index is 1.78. The third kappa shape index (κ3) is 3.56. The lowest BCUT2D eigenvalue weighted by atomic mass is 9.75. The first-order valence-corrected chi connectivity index (χ1v) is 9.17. The van der Waals surface area contributed by atoms with Crippen molar-refractivity contribution in [1.82, 2.24) is 4.90 Å². The van der Waals surface area contributed by atoms with E-state index in [9.17, 15) is 10.1 Å². The summed E-state index contributed by atoms with van der Waals surface area (Å²) in [7, 11) is 0. The minimum absolute atomic E-state index is 0.0684. The zero-order chi connectivity index (χ0) is 18.0. The van der Waals surface area contributed by atoms with Gasteiger partial charge in [0.25, 0.3) is 0 Å². The van der Waals surface area contributed by atoms with Crippen molar-refractivity contribution in [3.05, 3.63) is 41.6 Å². The molecule has 4 atom stereocenters. The van der Waals surface area contributed by atoms with Crippen LogP contribution < -0.4 is 0 Å². The van der Waals surface area contributed by atoms with Crippen molar-refractivity contribution in [3.8, 4) is 6.07 Å². The van der Waals surface area contributed by atoms with Crippen molar-refractivity contribution >= 4 is 12.2 Å². The Morgan fingerprint density at radius 2 is 2.08 bits per heavy atom. The summed E-state index contributed by atoms with van der Waals surface area (Å²) in [4.78, 5) is 14.3. The number of carbonyl (C=O) groups is 1. The first kappa shape index (κ1) is 17.5. The van der Waals surface area contributed by atoms with Gasteiger partial charge in [0.1, 0.15) is 6.10 Å². The molecule has 2 aliphatic rings. The number of nitriles is 1. The SMILES string of the molecule is CC(C)[C@H]1CC[C@H](C)C[C@@H]1OC(=O)N1C=Cc2ccccc2C1C#N. The van der Waals surface area contributed by atoms with E-state index in [0.717, 1.165) is 24.0 Å². The second kappa shape index (κ2) is 7.31. The highest BCUT2D eigenvalue weighted by Gasteiger charge is 2.36. The van der Waals surface area contributed by atoms with Gasteiger partial charge in [0, 0.05) is 6.20 Å². The standard InChI is InChI=1S/C21H26N2O2/c1-14(2)17-9-8-15(3)12-20(17)25-21(24)23-11-10-16-6-4-5-7-18(16)19(23)13-22/h4-7,10-11,14-15,17,19-20H,8-9,12H2,1-3H3/t15-,17+,19?,20-/m0/s1. The lowest BCUT2D eigenvalue weighted by Gasteiger charge is -2.38. The van der Waals surface area contributed by atoms with Gasteiger partial charge in [-0.15, -0.1) is 0 Å². The molecule has 1 aliphatic carbocycles. The molecule has 0 saturated heterocycles. The fourth-order valence-electron chi connectivity index (χ4n) is 4.05. The summed E-state index contributed by atoms with van der Waals surface area (Å²) in [5.74, 6) is 1.44. The second-order valence-corrected chi connectivity index (χ2v) is 7.63. The highest BCUT2D eigenvalue weighted by Crippen LogP contribution is 2.37. The lowest BCUT2D eigenvalue weighted by molar-refractivity contribution is -0.00735. The van der Waals surface area contributed by atoms with Crippen molar-refractivity contribution in [2.75, 3.05) is 0 Å². The summed E-state index contributed by atoms with van der Waals surface area (Å²) in [6.07, 6.45) is 6.25. The Bertz CT molecular complexity index is 704. The smallest absolute Gasteiger partial charge is 0.415 e. The van der Waals surface area contributed by atoms with Gasteiger partial charge in [-0.2, -0.15) is 5.26 Å². The van der Waals surface area contributed by atoms with Crippen LogP contribution >= 0.6 is 0 Å². The Labute approximate surface area is 150 Å². The van der Waals surface area contributed by atoms with Gasteiger partial charge in [-0.3, -0.25) is 4.90 Å². The molecule has 0 spiro atoms. The van der Waals surface area contributed by atoms with Crippen molar-refractivity contribution in [1.29, 1.82) is 5.26 Å². The normalized spacial score (nSPS) is 28.4. The quantitative estimate of drug-likeness (QED) is 0.750. The largest absolute Gasteiger partial charge is 0.446 e. The molecule has 1 heterocycles. The van der Waals surface area contributed by atoms with Crippen molar-refractivity contribution in [3.63, 3.8) is 0 Å². The molecular formula is C21H26N2O2. The van der Waals surface area contributed by atoms with Crippen LogP contribution in [0.1, 0.15) is 57.2 Å². The monoisotopic (exact) mass is 338 g/mol. The summed E-state index contributed by atoms with van der Waals surface area (Å²) < 4.78 is 5.91. The molecule has 25 heavy (non-hydrogen) atoms. The van der Waals surface area contributed by atoms with Crippen LogP contribution in [0.15, 0.2) is 30.5 Å². The Morgan fingerprint density at radius 3 is 2.80 bits per heavy atom. The summed E-state index contributed by atoms with van der Waals surface area (Å²) >= 11 is 0. The molecule has 132 valence electrons. The summed E-state index contributed by atoms with van der Waals surface area (Å²) in [6, 6.07) is 9.29. The molecule has 1 aromatic rings. The van der Waals surface area contributed by atoms with E-state index < -0.39 is 12.1 Å². The summed E-state index contributed by atoms with van der Waals surface area (Å²) in [5, 5.41) is 9.61. The van der Waals surface area contributed by atoms with E-state index in [4.69, 9.17) is 4.74 Å². The molecule has 4 nitrogen and oxygen atoms in total. The van der Waals surface area contributed by atoms with Crippen LogP contribution in [0.3, 0.4) is 0 Å². The first-order valence-electron chi connectivity index (χ1n) is 9.17. The van der Waals surface area contributed by atoms with E-state index in [2.05, 4.69) is 26.8 Å². The fraction of sp³-hybridized carbons (Fsp3) is 0.524. The fourth-order valence-corrected chi connectivity index (χ4v) is 4.05. The molecule has 1 aromatic carbocycles. The highest BCUT2D eigenvalue weighted by molar-refractivity contribution is 5.74. The van der Waals surface area contributed by atoms with Crippen molar-refractivity contribution in [2.24, 2.45) is 17.8 Å². The molecule has 0 radical (unpaired) electrons. The van der Waals surface area contributed by atoms with Crippen molar-refractivity contribution < 1.29 is 9.53 Å². The number of benzene rings is 1. The van der Waals surface area contributed by atoms with Gasteiger partial charge in [0.15, 0.2) is 6.04 Å². The number of carbonyl (C=O) groups excluding carboxylic acids is 1. The van der Waals surface area contributed by atoms with Crippen LogP contribution in [-0.2, 0) is 4.74 Å². The number of amides is 1. The maximum atomic E-state index is 12.8. The molecule has 1 unspecified atom stereocenters. The van der Waals surface area contributed by atoms with Crippen LogP contribution in [-0.4, -0.2) is 17.1 Å². The lowest BCUT2D eigenvalue weighted by Crippen LogP contribution is -2.40. The number of nitrogens with zero attached hydrogens (tertiary/aromatic N) is 2. The van der Waals surface area contributed by atoms with Crippen LogP contribution in [0, 0.1) is 29.1 Å². The molecule has 1 fully saturated rings. The van der Waals surface area contributed by atoms with Crippen molar-refractivity contribution in [2.45, 2.75) is 52.2 Å². The summed E-state index contributed by atoms with van der Waals surface area (Å²) in [6.45, 7) is 6.60. The number of hydrogen-bond donors (Lipinski definition) is 0. The predicted octanol–water partition coefficient (Wildman–Crippen LogP) is 5.13. The van der Waals surface area contributed by atoms with E-state index in [0.29, 0.717) is 17.8 Å². The van der Waals surface area contributed by atoms with Gasteiger partial charge < -0.3 is 4.74 Å². The maximum absolute atomic E-state index is 12.8. The molecular weight excluding hydrogens is 312 g/mol. The first-order chi connectivity index (χ1) is 12.0. The minimum Gasteiger partial charge on any atom is -0.446 e. The molecule has 1 aliphatic heterocycles. The number of ether oxygens (including phenoxy) is 1. The second-order valence-electron chi connectivity index (χ2n) is 7.63. The average Bonchev–Trinajstić information content (AvgIpc) is 2.60. The molecule has 1 saturated carbocycles. The van der Waals surface area contributed by atoms with Gasteiger partial charge >= 0.3 is 6.09 Å². The number of fused-ring (bicyclic) bond motifs is 1. The molecule has 3 rings (SSSR count). The Morgan fingerprint density at radius 1 is 1.32 bits per heavy atom. The highest BCUT2D eigenvalue weighted by atomic mass is 16.6. The van der Waals surface area contributed by atoms with E-state index >= 15 is 0 Å². The van der Waals surface area contributed by atoms with Crippen LogP contribution in [0.4, 0.5) is 4.79 Å². The predicted molar refractivity (Wildman–Crippen MR) is 97.3 cm³/mol. The Hall–Kier alpha value is -2.28. The zero-order valence-corrected chi connectivity index (χ0v) is 15.2. The van der Waals surface area contributed by atoms with Gasteiger partial charge in [0.2, 0.25) is 0 Å². The van der Waals surface area contributed by atoms with Crippen LogP contribution in [0.2, 0.25) is 0 Å². The maximum Gasteiger partial charge on any atom is 0.415 e. The average molecular weight is 338 g/mol. The number of rotatable bonds is 2. The van der Waals surface area contributed by atoms with Gasteiger partial charge in [-0.1, -0.05) is 51.5 Å². The summed E-state index contributed by atoms with van der Waals surface area (Å²) in [5.41, 5.74) is 1.83. The van der Waals surface area contributed by atoms with E-state index in [1.165, 1.54) is 11.3 Å². The third-order valence-corrected chi connectivity index (χ3v) is 5.53. The number of hydrogen-bond acceptors (Lipinski definition) is 3. The molecule has 0 bridgehead atoms.